The van der Waals surface area contributed by atoms with Crippen molar-refractivity contribution < 1.29 is 14.3 Å². The van der Waals surface area contributed by atoms with Crippen LogP contribution in [-0.4, -0.2) is 28.5 Å². The highest BCUT2D eigenvalue weighted by Crippen LogP contribution is 2.31. The van der Waals surface area contributed by atoms with Crippen LogP contribution in [0.4, 0.5) is 5.13 Å². The molecule has 2 aromatic carbocycles. The van der Waals surface area contributed by atoms with Crippen LogP contribution >= 0.6 is 22.9 Å². The number of fused-ring (bicyclic) bond motifs is 1. The summed E-state index contributed by atoms with van der Waals surface area (Å²) in [5.74, 6) is -0.801. The highest BCUT2D eigenvalue weighted by Gasteiger charge is 2.20. The monoisotopic (exact) mass is 451 g/mol. The number of para-hydroxylation sites is 1. The number of nitrogens with one attached hydrogen (secondary N) is 1. The lowest BCUT2D eigenvalue weighted by molar-refractivity contribution is 0.0531. The van der Waals surface area contributed by atoms with Gasteiger partial charge in [0.2, 0.25) is 0 Å². The van der Waals surface area contributed by atoms with E-state index in [1.807, 2.05) is 42.5 Å². The quantitative estimate of drug-likeness (QED) is 0.391. The molecular weight excluding hydrogens is 434 g/mol. The predicted octanol–water partition coefficient (Wildman–Crippen LogP) is 5.75. The van der Waals surface area contributed by atoms with E-state index in [2.05, 4.69) is 15.3 Å². The van der Waals surface area contributed by atoms with Gasteiger partial charge in [-0.2, -0.15) is 0 Å². The molecule has 0 bridgehead atoms. The first-order valence-corrected chi connectivity index (χ1v) is 10.8. The Balaban J connectivity index is 1.74. The summed E-state index contributed by atoms with van der Waals surface area (Å²) in [4.78, 5) is 34.6. The van der Waals surface area contributed by atoms with Crippen molar-refractivity contribution in [2.45, 2.75) is 13.8 Å². The van der Waals surface area contributed by atoms with Gasteiger partial charge in [-0.1, -0.05) is 59.3 Å². The lowest BCUT2D eigenvalue weighted by Crippen LogP contribution is -2.13. The molecule has 8 heteroatoms. The van der Waals surface area contributed by atoms with Crippen LogP contribution in [0.1, 0.15) is 32.6 Å². The predicted molar refractivity (Wildman–Crippen MR) is 123 cm³/mol. The van der Waals surface area contributed by atoms with Gasteiger partial charge < -0.3 is 4.74 Å². The third-order valence-electron chi connectivity index (χ3n) is 4.59. The van der Waals surface area contributed by atoms with Gasteiger partial charge in [0.15, 0.2) is 5.13 Å². The van der Waals surface area contributed by atoms with E-state index in [0.29, 0.717) is 42.9 Å². The maximum Gasteiger partial charge on any atom is 0.350 e. The van der Waals surface area contributed by atoms with Crippen LogP contribution in [0.15, 0.2) is 54.6 Å². The van der Waals surface area contributed by atoms with Gasteiger partial charge in [0.1, 0.15) is 4.88 Å². The first-order valence-electron chi connectivity index (χ1n) is 9.58. The van der Waals surface area contributed by atoms with E-state index in [1.165, 1.54) is 0 Å². The topological polar surface area (TPSA) is 81.2 Å². The van der Waals surface area contributed by atoms with Gasteiger partial charge in [0.05, 0.1) is 29.1 Å². The molecule has 0 aliphatic heterocycles. The van der Waals surface area contributed by atoms with Crippen molar-refractivity contribution in [3.05, 3.63) is 75.8 Å². The molecule has 0 unspecified atom stereocenters. The summed E-state index contributed by atoms with van der Waals surface area (Å²) in [6.45, 7) is 3.71. The van der Waals surface area contributed by atoms with Crippen LogP contribution in [0.3, 0.4) is 0 Å². The molecule has 0 radical (unpaired) electrons. The Bertz CT molecular complexity index is 1300. The number of nitrogens with zero attached hydrogens (tertiary/aromatic N) is 2. The van der Waals surface area contributed by atoms with Crippen molar-refractivity contribution in [1.29, 1.82) is 0 Å². The van der Waals surface area contributed by atoms with Gasteiger partial charge in [-0.25, -0.2) is 14.8 Å². The average Bonchev–Trinajstić information content (AvgIpc) is 3.13. The van der Waals surface area contributed by atoms with E-state index < -0.39 is 5.97 Å². The van der Waals surface area contributed by atoms with Crippen LogP contribution in [0, 0.1) is 6.92 Å². The molecule has 2 heterocycles. The van der Waals surface area contributed by atoms with E-state index in [4.69, 9.17) is 16.3 Å². The molecule has 4 rings (SSSR count). The van der Waals surface area contributed by atoms with Gasteiger partial charge in [-0.3, -0.25) is 10.1 Å². The summed E-state index contributed by atoms with van der Waals surface area (Å²) in [5.41, 5.74) is 2.95. The zero-order valence-corrected chi connectivity index (χ0v) is 18.4. The number of anilines is 1. The van der Waals surface area contributed by atoms with Crippen LogP contribution in [-0.2, 0) is 4.74 Å². The van der Waals surface area contributed by atoms with Gasteiger partial charge in [-0.05, 0) is 32.0 Å². The second-order valence-electron chi connectivity index (χ2n) is 6.66. The summed E-state index contributed by atoms with van der Waals surface area (Å²) in [5, 5.41) is 4.38. The number of pyridine rings is 1. The van der Waals surface area contributed by atoms with Gasteiger partial charge >= 0.3 is 5.97 Å². The van der Waals surface area contributed by atoms with Crippen molar-refractivity contribution in [1.82, 2.24) is 9.97 Å². The largest absolute Gasteiger partial charge is 0.462 e. The normalized spacial score (nSPS) is 10.8. The molecule has 4 aromatic rings. The maximum absolute atomic E-state index is 13.2. The number of hydrogen-bond acceptors (Lipinski definition) is 6. The number of ether oxygens (including phenoxy) is 1. The number of carbonyl (C=O) groups is 2. The Labute approximate surface area is 187 Å². The number of rotatable bonds is 5. The fourth-order valence-corrected chi connectivity index (χ4v) is 4.26. The molecule has 0 saturated heterocycles. The molecule has 1 N–H and O–H groups in total. The van der Waals surface area contributed by atoms with Crippen LogP contribution in [0.5, 0.6) is 0 Å². The van der Waals surface area contributed by atoms with Crippen LogP contribution < -0.4 is 5.32 Å². The van der Waals surface area contributed by atoms with Crippen LogP contribution in [0.25, 0.3) is 22.2 Å². The third kappa shape index (κ3) is 4.28. The number of amides is 1. The average molecular weight is 452 g/mol. The Kier molecular flexibility index (Phi) is 5.97. The van der Waals surface area contributed by atoms with Gasteiger partial charge in [0.25, 0.3) is 5.91 Å². The highest BCUT2D eigenvalue weighted by atomic mass is 35.5. The minimum absolute atomic E-state index is 0.270. The fourth-order valence-electron chi connectivity index (χ4n) is 3.17. The Morgan fingerprint density at radius 2 is 1.84 bits per heavy atom. The smallest absolute Gasteiger partial charge is 0.350 e. The number of benzene rings is 2. The van der Waals surface area contributed by atoms with Gasteiger partial charge in [-0.15, -0.1) is 0 Å². The Morgan fingerprint density at radius 1 is 1.10 bits per heavy atom. The van der Waals surface area contributed by atoms with Crippen molar-refractivity contribution >= 4 is 50.8 Å². The van der Waals surface area contributed by atoms with E-state index >= 15 is 0 Å². The van der Waals surface area contributed by atoms with Crippen molar-refractivity contribution in [2.75, 3.05) is 11.9 Å². The van der Waals surface area contributed by atoms with Gasteiger partial charge in [0, 0.05) is 16.0 Å². The van der Waals surface area contributed by atoms with E-state index in [-0.39, 0.29) is 12.5 Å². The number of halogens is 1. The molecule has 0 saturated carbocycles. The minimum atomic E-state index is -0.451. The lowest BCUT2D eigenvalue weighted by atomic mass is 10.0. The minimum Gasteiger partial charge on any atom is -0.462 e. The molecule has 0 aliphatic rings. The molecule has 1 amide bonds. The number of esters is 1. The van der Waals surface area contributed by atoms with Crippen LogP contribution in [0.2, 0.25) is 5.02 Å². The zero-order chi connectivity index (χ0) is 22.0. The molecule has 0 spiro atoms. The van der Waals surface area contributed by atoms with E-state index in [1.54, 1.807) is 26.0 Å². The molecule has 6 nitrogen and oxygen atoms in total. The molecule has 0 aliphatic carbocycles. The molecule has 31 heavy (non-hydrogen) atoms. The second kappa shape index (κ2) is 8.83. The van der Waals surface area contributed by atoms with Crippen molar-refractivity contribution in [3.63, 3.8) is 0 Å². The summed E-state index contributed by atoms with van der Waals surface area (Å²) in [6.07, 6.45) is 0. The summed E-state index contributed by atoms with van der Waals surface area (Å²) < 4.78 is 5.04. The molecule has 156 valence electrons. The molecule has 0 atom stereocenters. The number of aryl methyl sites for hydroxylation is 1. The fraction of sp³-hybridized carbons (Fsp3) is 0.130. The Morgan fingerprint density at radius 3 is 2.61 bits per heavy atom. The first-order chi connectivity index (χ1) is 15.0. The maximum atomic E-state index is 13.2. The number of carbonyl (C=O) groups excluding carboxylic acids is 2. The highest BCUT2D eigenvalue weighted by molar-refractivity contribution is 7.17. The molecule has 0 fully saturated rings. The number of thiazole rings is 1. The standard InChI is InChI=1S/C23H18ClN3O3S/c1-3-30-22(29)20-13(2)25-23(31-20)27-21(28)16-12-19(15-9-4-6-10-17(15)24)26-18-11-7-5-8-14(16)18/h4-12H,3H2,1-2H3,(H,25,27,28). The zero-order valence-electron chi connectivity index (χ0n) is 16.8. The van der Waals surface area contributed by atoms with Crippen molar-refractivity contribution in [2.24, 2.45) is 0 Å². The summed E-state index contributed by atoms with van der Waals surface area (Å²) in [7, 11) is 0. The number of aromatic nitrogens is 2. The van der Waals surface area contributed by atoms with E-state index in [0.717, 1.165) is 16.9 Å². The third-order valence-corrected chi connectivity index (χ3v) is 5.97. The summed E-state index contributed by atoms with van der Waals surface area (Å²) in [6, 6.07) is 16.5. The molecule has 2 aromatic heterocycles. The lowest BCUT2D eigenvalue weighted by Gasteiger charge is -2.10. The SMILES string of the molecule is CCOC(=O)c1sc(NC(=O)c2cc(-c3ccccc3Cl)nc3ccccc23)nc1C. The van der Waals surface area contributed by atoms with Crippen molar-refractivity contribution in [3.8, 4) is 11.3 Å². The number of hydrogen-bond donors (Lipinski definition) is 1. The molecular formula is C23H18ClN3O3S. The summed E-state index contributed by atoms with van der Waals surface area (Å²) >= 11 is 7.44. The van der Waals surface area contributed by atoms with E-state index in [9.17, 15) is 9.59 Å². The second-order valence-corrected chi connectivity index (χ2v) is 8.07. The Hall–Kier alpha value is -3.29. The first kappa shape index (κ1) is 21.0.